The molecule has 0 spiro atoms. The molecule has 148 valence electrons. The fraction of sp³-hybridized carbons (Fsp3) is 0.476. The van der Waals surface area contributed by atoms with Crippen LogP contribution in [0, 0.1) is 12.8 Å². The summed E-state index contributed by atoms with van der Waals surface area (Å²) < 4.78 is 1.72. The maximum absolute atomic E-state index is 12.5. The predicted octanol–water partition coefficient (Wildman–Crippen LogP) is 2.24. The molecule has 2 aliphatic carbocycles. The van der Waals surface area contributed by atoms with E-state index in [0.29, 0.717) is 11.5 Å². The SMILES string of the molecule is Cc1ccccc1-n1cc(C(=O)NC2CC(N(CC(=O)O)CC3CC3)C2)cn1. The summed E-state index contributed by atoms with van der Waals surface area (Å²) in [5.74, 6) is -0.257. The summed E-state index contributed by atoms with van der Waals surface area (Å²) in [5, 5.41) is 16.5. The summed E-state index contributed by atoms with van der Waals surface area (Å²) in [4.78, 5) is 25.7. The molecule has 1 aromatic carbocycles. The van der Waals surface area contributed by atoms with Crippen molar-refractivity contribution in [2.45, 2.75) is 44.7 Å². The molecule has 2 fully saturated rings. The Morgan fingerprint density at radius 1 is 1.29 bits per heavy atom. The molecule has 2 aromatic rings. The highest BCUT2D eigenvalue weighted by Crippen LogP contribution is 2.33. The van der Waals surface area contributed by atoms with Gasteiger partial charge in [-0.25, -0.2) is 4.68 Å². The third kappa shape index (κ3) is 4.25. The number of carboxylic acids is 1. The Morgan fingerprint density at radius 3 is 2.71 bits per heavy atom. The van der Waals surface area contributed by atoms with Crippen LogP contribution >= 0.6 is 0 Å². The number of aliphatic carboxylic acids is 1. The highest BCUT2D eigenvalue weighted by Gasteiger charge is 2.37. The Morgan fingerprint density at radius 2 is 2.04 bits per heavy atom. The molecule has 0 radical (unpaired) electrons. The van der Waals surface area contributed by atoms with Gasteiger partial charge in [0, 0.05) is 24.8 Å². The highest BCUT2D eigenvalue weighted by molar-refractivity contribution is 5.94. The number of nitrogens with zero attached hydrogens (tertiary/aromatic N) is 3. The minimum absolute atomic E-state index is 0.0883. The van der Waals surface area contributed by atoms with Gasteiger partial charge in [-0.2, -0.15) is 5.10 Å². The van der Waals surface area contributed by atoms with E-state index in [4.69, 9.17) is 5.11 Å². The quantitative estimate of drug-likeness (QED) is 0.731. The first-order chi connectivity index (χ1) is 13.5. The van der Waals surface area contributed by atoms with Gasteiger partial charge in [-0.3, -0.25) is 14.5 Å². The number of hydrogen-bond acceptors (Lipinski definition) is 4. The van der Waals surface area contributed by atoms with Gasteiger partial charge in [0.2, 0.25) is 0 Å². The van der Waals surface area contributed by atoms with Gasteiger partial charge >= 0.3 is 5.97 Å². The van der Waals surface area contributed by atoms with Crippen LogP contribution < -0.4 is 5.32 Å². The van der Waals surface area contributed by atoms with Gasteiger partial charge in [0.25, 0.3) is 5.91 Å². The highest BCUT2D eigenvalue weighted by atomic mass is 16.4. The number of aromatic nitrogens is 2. The van der Waals surface area contributed by atoms with E-state index in [1.165, 1.54) is 12.8 Å². The summed E-state index contributed by atoms with van der Waals surface area (Å²) >= 11 is 0. The zero-order valence-electron chi connectivity index (χ0n) is 16.0. The fourth-order valence-electron chi connectivity index (χ4n) is 3.81. The van der Waals surface area contributed by atoms with Gasteiger partial charge in [-0.15, -0.1) is 0 Å². The van der Waals surface area contributed by atoms with Gasteiger partial charge in [-0.1, -0.05) is 18.2 Å². The Balaban J connectivity index is 1.31. The molecule has 2 aliphatic rings. The molecular formula is C21H26N4O3. The molecule has 0 unspecified atom stereocenters. The first-order valence-corrected chi connectivity index (χ1v) is 9.87. The number of carboxylic acid groups (broad SMARTS) is 1. The summed E-state index contributed by atoms with van der Waals surface area (Å²) in [5.41, 5.74) is 2.58. The topological polar surface area (TPSA) is 87.5 Å². The molecule has 0 atom stereocenters. The number of carbonyl (C=O) groups is 2. The molecule has 1 heterocycles. The zero-order chi connectivity index (χ0) is 19.7. The van der Waals surface area contributed by atoms with E-state index < -0.39 is 5.97 Å². The van der Waals surface area contributed by atoms with Crippen molar-refractivity contribution >= 4 is 11.9 Å². The van der Waals surface area contributed by atoms with Crippen molar-refractivity contribution in [1.82, 2.24) is 20.0 Å². The lowest BCUT2D eigenvalue weighted by molar-refractivity contribution is -0.139. The molecule has 7 nitrogen and oxygen atoms in total. The number of para-hydroxylation sites is 1. The van der Waals surface area contributed by atoms with Gasteiger partial charge in [0.15, 0.2) is 0 Å². The lowest BCUT2D eigenvalue weighted by Gasteiger charge is -2.42. The third-order valence-electron chi connectivity index (χ3n) is 5.70. The molecule has 4 rings (SSSR count). The molecule has 0 aliphatic heterocycles. The standard InChI is InChI=1S/C21H26N4O3/c1-14-4-2-3-5-19(14)25-12-16(10-22-25)21(28)23-17-8-18(9-17)24(13-20(26)27)11-15-6-7-15/h2-5,10,12,15,17-18H,6-9,11,13H2,1H3,(H,23,28)(H,26,27). The van der Waals surface area contributed by atoms with E-state index in [-0.39, 0.29) is 24.5 Å². The first kappa shape index (κ1) is 18.7. The maximum atomic E-state index is 12.5. The van der Waals surface area contributed by atoms with Crippen LogP contribution in [0.25, 0.3) is 5.69 Å². The molecule has 7 heteroatoms. The molecule has 1 amide bonds. The van der Waals surface area contributed by atoms with E-state index in [1.54, 1.807) is 17.1 Å². The second-order valence-corrected chi connectivity index (χ2v) is 8.02. The molecule has 0 saturated heterocycles. The van der Waals surface area contributed by atoms with Gasteiger partial charge in [0.1, 0.15) is 0 Å². The van der Waals surface area contributed by atoms with Crippen LogP contribution in [0.3, 0.4) is 0 Å². The van der Waals surface area contributed by atoms with E-state index in [0.717, 1.165) is 30.6 Å². The monoisotopic (exact) mass is 382 g/mol. The largest absolute Gasteiger partial charge is 0.480 e. The smallest absolute Gasteiger partial charge is 0.317 e. The van der Waals surface area contributed by atoms with Crippen LogP contribution in [0.2, 0.25) is 0 Å². The minimum atomic E-state index is -0.781. The van der Waals surface area contributed by atoms with Crippen LogP contribution in [-0.4, -0.2) is 56.8 Å². The van der Waals surface area contributed by atoms with Crippen LogP contribution in [-0.2, 0) is 4.79 Å². The minimum Gasteiger partial charge on any atom is -0.480 e. The number of rotatable bonds is 8. The van der Waals surface area contributed by atoms with Crippen molar-refractivity contribution < 1.29 is 14.7 Å². The number of nitrogens with one attached hydrogen (secondary N) is 1. The normalized spacial score (nSPS) is 21.4. The van der Waals surface area contributed by atoms with Crippen molar-refractivity contribution in [3.8, 4) is 5.69 Å². The van der Waals surface area contributed by atoms with E-state index >= 15 is 0 Å². The van der Waals surface area contributed by atoms with E-state index in [2.05, 4.69) is 15.3 Å². The summed E-state index contributed by atoms with van der Waals surface area (Å²) in [7, 11) is 0. The molecular weight excluding hydrogens is 356 g/mol. The Labute approximate surface area is 164 Å². The van der Waals surface area contributed by atoms with Gasteiger partial charge in [-0.05, 0) is 50.2 Å². The Kier molecular flexibility index (Phi) is 5.17. The number of carbonyl (C=O) groups excluding carboxylic acids is 1. The van der Waals surface area contributed by atoms with Gasteiger partial charge < -0.3 is 10.4 Å². The van der Waals surface area contributed by atoms with E-state index in [9.17, 15) is 9.59 Å². The molecule has 0 bridgehead atoms. The van der Waals surface area contributed by atoms with E-state index in [1.807, 2.05) is 31.2 Å². The third-order valence-corrected chi connectivity index (χ3v) is 5.70. The van der Waals surface area contributed by atoms with Crippen LogP contribution in [0.15, 0.2) is 36.7 Å². The number of amides is 1. The molecule has 2 saturated carbocycles. The Bertz CT molecular complexity index is 868. The molecule has 2 N–H and O–H groups in total. The Hall–Kier alpha value is -2.67. The van der Waals surface area contributed by atoms with Crippen LogP contribution in [0.4, 0.5) is 0 Å². The number of aryl methyl sites for hydroxylation is 1. The lowest BCUT2D eigenvalue weighted by atomic mass is 9.85. The summed E-state index contributed by atoms with van der Waals surface area (Å²) in [6.45, 7) is 2.96. The maximum Gasteiger partial charge on any atom is 0.317 e. The summed E-state index contributed by atoms with van der Waals surface area (Å²) in [6.07, 6.45) is 7.34. The lowest BCUT2D eigenvalue weighted by Crippen LogP contribution is -2.55. The number of benzene rings is 1. The van der Waals surface area contributed by atoms with Crippen LogP contribution in [0.1, 0.15) is 41.6 Å². The van der Waals surface area contributed by atoms with Crippen LogP contribution in [0.5, 0.6) is 0 Å². The average molecular weight is 382 g/mol. The van der Waals surface area contributed by atoms with Gasteiger partial charge in [0.05, 0.1) is 24.0 Å². The average Bonchev–Trinajstić information content (AvgIpc) is 3.29. The zero-order valence-corrected chi connectivity index (χ0v) is 16.0. The summed E-state index contributed by atoms with van der Waals surface area (Å²) in [6, 6.07) is 8.24. The first-order valence-electron chi connectivity index (χ1n) is 9.87. The second-order valence-electron chi connectivity index (χ2n) is 8.02. The molecule has 1 aromatic heterocycles. The van der Waals surface area contributed by atoms with Crippen molar-refractivity contribution in [3.05, 3.63) is 47.8 Å². The fourth-order valence-corrected chi connectivity index (χ4v) is 3.81. The van der Waals surface area contributed by atoms with Crippen molar-refractivity contribution in [2.24, 2.45) is 5.92 Å². The second kappa shape index (κ2) is 7.75. The van der Waals surface area contributed by atoms with Crippen molar-refractivity contribution in [1.29, 1.82) is 0 Å². The van der Waals surface area contributed by atoms with Crippen molar-refractivity contribution in [2.75, 3.05) is 13.1 Å². The van der Waals surface area contributed by atoms with Crippen molar-refractivity contribution in [3.63, 3.8) is 0 Å². The number of hydrogen-bond donors (Lipinski definition) is 2. The molecule has 28 heavy (non-hydrogen) atoms. The predicted molar refractivity (Wildman–Crippen MR) is 105 cm³/mol.